The molecule has 28 heavy (non-hydrogen) atoms. The third kappa shape index (κ3) is 3.63. The Balaban J connectivity index is 1.57. The molecule has 1 aliphatic heterocycles. The van der Waals surface area contributed by atoms with Crippen LogP contribution in [0.5, 0.6) is 11.5 Å². The number of ether oxygens (including phenoxy) is 2. The van der Waals surface area contributed by atoms with Crippen LogP contribution in [0.4, 0.5) is 23.0 Å². The van der Waals surface area contributed by atoms with Gasteiger partial charge in [0.05, 0.1) is 4.92 Å². The number of nitrogens with one attached hydrogen (secondary N) is 2. The fourth-order valence-corrected chi connectivity index (χ4v) is 2.87. The average molecular weight is 379 g/mol. The number of aromatic nitrogens is 2. The van der Waals surface area contributed by atoms with Crippen molar-refractivity contribution in [2.24, 2.45) is 0 Å². The van der Waals surface area contributed by atoms with Crippen LogP contribution in [0.25, 0.3) is 0 Å². The minimum atomic E-state index is -0.500. The van der Waals surface area contributed by atoms with Gasteiger partial charge in [-0.2, -0.15) is 0 Å². The lowest BCUT2D eigenvalue weighted by Crippen LogP contribution is -2.08. The molecule has 0 aliphatic carbocycles. The Hall–Kier alpha value is -3.88. The Bertz CT molecular complexity index is 1040. The molecule has 2 N–H and O–H groups in total. The van der Waals surface area contributed by atoms with Crippen molar-refractivity contribution in [1.82, 2.24) is 9.97 Å². The highest BCUT2D eigenvalue weighted by Gasteiger charge is 2.23. The van der Waals surface area contributed by atoms with E-state index in [1.807, 2.05) is 43.3 Å². The maximum Gasteiger partial charge on any atom is 0.353 e. The Morgan fingerprint density at radius 2 is 1.93 bits per heavy atom. The molecule has 0 unspecified atom stereocenters. The summed E-state index contributed by atoms with van der Waals surface area (Å²) in [6.45, 7) is 2.47. The van der Waals surface area contributed by atoms with Gasteiger partial charge >= 0.3 is 5.69 Å². The quantitative estimate of drug-likeness (QED) is 0.492. The molecule has 0 bridgehead atoms. The molecule has 0 amide bonds. The van der Waals surface area contributed by atoms with Gasteiger partial charge in [-0.3, -0.25) is 10.1 Å². The minimum Gasteiger partial charge on any atom is -0.454 e. The van der Waals surface area contributed by atoms with Crippen molar-refractivity contribution in [2.45, 2.75) is 13.5 Å². The topological polar surface area (TPSA) is 111 Å². The summed E-state index contributed by atoms with van der Waals surface area (Å²) in [5.41, 5.74) is 2.40. The number of rotatable bonds is 6. The molecule has 0 atom stereocenters. The lowest BCUT2D eigenvalue weighted by Gasteiger charge is -2.11. The molecule has 2 aromatic carbocycles. The van der Waals surface area contributed by atoms with E-state index in [4.69, 9.17) is 9.47 Å². The van der Waals surface area contributed by atoms with Crippen LogP contribution in [-0.4, -0.2) is 21.7 Å². The Kier molecular flexibility index (Phi) is 4.63. The van der Waals surface area contributed by atoms with E-state index in [2.05, 4.69) is 20.6 Å². The van der Waals surface area contributed by atoms with Crippen molar-refractivity contribution in [2.75, 3.05) is 17.4 Å². The first-order valence-corrected chi connectivity index (χ1v) is 8.55. The van der Waals surface area contributed by atoms with Gasteiger partial charge in [-0.1, -0.05) is 18.2 Å². The summed E-state index contributed by atoms with van der Waals surface area (Å²) in [5, 5.41) is 17.7. The molecule has 9 heteroatoms. The number of fused-ring (bicyclic) bond motifs is 1. The van der Waals surface area contributed by atoms with Crippen LogP contribution in [0.1, 0.15) is 11.1 Å². The van der Waals surface area contributed by atoms with Crippen molar-refractivity contribution < 1.29 is 14.4 Å². The predicted molar refractivity (Wildman–Crippen MR) is 103 cm³/mol. The van der Waals surface area contributed by atoms with E-state index in [1.54, 1.807) is 6.07 Å². The first-order chi connectivity index (χ1) is 13.6. The molecule has 0 fully saturated rings. The molecule has 1 aliphatic rings. The van der Waals surface area contributed by atoms with E-state index in [9.17, 15) is 10.1 Å². The van der Waals surface area contributed by atoms with Crippen LogP contribution in [0.15, 0.2) is 48.8 Å². The predicted octanol–water partition coefficient (Wildman–Crippen LogP) is 3.78. The number of nitro groups is 1. The third-order valence-corrected chi connectivity index (χ3v) is 4.18. The van der Waals surface area contributed by atoms with Crippen LogP contribution < -0.4 is 20.1 Å². The van der Waals surface area contributed by atoms with E-state index in [1.165, 1.54) is 6.33 Å². The molecule has 9 nitrogen and oxygen atoms in total. The number of aryl methyl sites for hydroxylation is 1. The standard InChI is InChI=1S/C19H17N5O4/c1-12-3-2-4-14(7-12)23-19-17(24(25)26)18(21-10-22-19)20-9-13-5-6-15-16(8-13)28-11-27-15/h2-8,10H,9,11H2,1H3,(H2,20,21,22,23). The molecular formula is C19H17N5O4. The highest BCUT2D eigenvalue weighted by atomic mass is 16.7. The van der Waals surface area contributed by atoms with Crippen LogP contribution in [-0.2, 0) is 6.54 Å². The monoisotopic (exact) mass is 379 g/mol. The van der Waals surface area contributed by atoms with Gasteiger partial charge in [0.2, 0.25) is 18.4 Å². The van der Waals surface area contributed by atoms with Crippen LogP contribution in [0.3, 0.4) is 0 Å². The normalized spacial score (nSPS) is 11.9. The van der Waals surface area contributed by atoms with E-state index < -0.39 is 4.92 Å². The average Bonchev–Trinajstić information content (AvgIpc) is 3.14. The van der Waals surface area contributed by atoms with Crippen molar-refractivity contribution >= 4 is 23.0 Å². The molecular weight excluding hydrogens is 362 g/mol. The van der Waals surface area contributed by atoms with E-state index in [0.717, 1.165) is 11.1 Å². The minimum absolute atomic E-state index is 0.124. The molecule has 142 valence electrons. The molecule has 0 saturated heterocycles. The number of hydrogen-bond donors (Lipinski definition) is 2. The molecule has 1 aromatic heterocycles. The van der Waals surface area contributed by atoms with Gasteiger partial charge in [0.25, 0.3) is 0 Å². The zero-order valence-electron chi connectivity index (χ0n) is 15.0. The lowest BCUT2D eigenvalue weighted by atomic mass is 10.2. The summed E-state index contributed by atoms with van der Waals surface area (Å²) in [5.74, 6) is 1.59. The summed E-state index contributed by atoms with van der Waals surface area (Å²) in [7, 11) is 0. The highest BCUT2D eigenvalue weighted by molar-refractivity contribution is 5.73. The molecule has 0 saturated carbocycles. The molecule has 4 rings (SSSR count). The second-order valence-electron chi connectivity index (χ2n) is 6.21. The SMILES string of the molecule is Cc1cccc(Nc2ncnc(NCc3ccc4c(c3)OCO4)c2[N+](=O)[O-])c1. The van der Waals surface area contributed by atoms with Crippen molar-refractivity contribution in [3.8, 4) is 11.5 Å². The molecule has 3 aromatic rings. The number of hydrogen-bond acceptors (Lipinski definition) is 8. The van der Waals surface area contributed by atoms with Crippen molar-refractivity contribution in [3.05, 3.63) is 70.0 Å². The second kappa shape index (κ2) is 7.39. The fraction of sp³-hybridized carbons (Fsp3) is 0.158. The second-order valence-corrected chi connectivity index (χ2v) is 6.21. The third-order valence-electron chi connectivity index (χ3n) is 4.18. The Labute approximate surface area is 160 Å². The lowest BCUT2D eigenvalue weighted by molar-refractivity contribution is -0.383. The smallest absolute Gasteiger partial charge is 0.353 e. The summed E-state index contributed by atoms with van der Waals surface area (Å²) >= 11 is 0. The van der Waals surface area contributed by atoms with Crippen LogP contribution >= 0.6 is 0 Å². The van der Waals surface area contributed by atoms with Gasteiger partial charge < -0.3 is 20.1 Å². The molecule has 2 heterocycles. The zero-order chi connectivity index (χ0) is 19.5. The van der Waals surface area contributed by atoms with E-state index >= 15 is 0 Å². The number of benzene rings is 2. The van der Waals surface area contributed by atoms with Crippen molar-refractivity contribution in [1.29, 1.82) is 0 Å². The summed E-state index contributed by atoms with van der Waals surface area (Å²) in [6.07, 6.45) is 1.28. The molecule has 0 radical (unpaired) electrons. The van der Waals surface area contributed by atoms with Crippen LogP contribution in [0, 0.1) is 17.0 Å². The van der Waals surface area contributed by atoms with Gasteiger partial charge in [0.1, 0.15) is 6.33 Å². The Morgan fingerprint density at radius 3 is 2.75 bits per heavy atom. The number of nitrogens with zero attached hydrogens (tertiary/aromatic N) is 3. The highest BCUT2D eigenvalue weighted by Crippen LogP contribution is 2.34. The van der Waals surface area contributed by atoms with Gasteiger partial charge in [-0.05, 0) is 42.3 Å². The maximum atomic E-state index is 11.7. The first kappa shape index (κ1) is 17.5. The van der Waals surface area contributed by atoms with E-state index in [0.29, 0.717) is 23.7 Å². The summed E-state index contributed by atoms with van der Waals surface area (Å²) in [4.78, 5) is 19.3. The summed E-state index contributed by atoms with van der Waals surface area (Å²) < 4.78 is 10.6. The van der Waals surface area contributed by atoms with Gasteiger partial charge in [0.15, 0.2) is 11.5 Å². The fourth-order valence-electron chi connectivity index (χ4n) is 2.87. The molecule has 0 spiro atoms. The van der Waals surface area contributed by atoms with Crippen LogP contribution in [0.2, 0.25) is 0 Å². The Morgan fingerprint density at radius 1 is 1.11 bits per heavy atom. The zero-order valence-corrected chi connectivity index (χ0v) is 15.0. The van der Waals surface area contributed by atoms with Crippen molar-refractivity contribution in [3.63, 3.8) is 0 Å². The summed E-state index contributed by atoms with van der Waals surface area (Å²) in [6, 6.07) is 13.0. The van der Waals surface area contributed by atoms with E-state index in [-0.39, 0.29) is 24.1 Å². The van der Waals surface area contributed by atoms with Gasteiger partial charge in [-0.25, -0.2) is 9.97 Å². The van der Waals surface area contributed by atoms with Gasteiger partial charge in [0, 0.05) is 12.2 Å². The maximum absolute atomic E-state index is 11.7. The first-order valence-electron chi connectivity index (χ1n) is 8.55. The number of anilines is 3. The van der Waals surface area contributed by atoms with Gasteiger partial charge in [-0.15, -0.1) is 0 Å². The largest absolute Gasteiger partial charge is 0.454 e.